The molecule has 106 valence electrons. The molecule has 22 heavy (non-hydrogen) atoms. The molecule has 0 amide bonds. The quantitative estimate of drug-likeness (QED) is 0.559. The summed E-state index contributed by atoms with van der Waals surface area (Å²) in [5.41, 5.74) is 3.55. The van der Waals surface area contributed by atoms with Crippen molar-refractivity contribution in [3.8, 4) is 22.6 Å². The standard InChI is InChI=1S/C17H11ClN4/c18-14-8-6-12(7-9-14)15-10-11-16-19-20-17(22(16)21-15)13-4-2-1-3-5-13/h1-11H. The molecule has 5 heteroatoms. The molecule has 0 saturated heterocycles. The number of hydrogen-bond donors (Lipinski definition) is 0. The van der Waals surface area contributed by atoms with Gasteiger partial charge in [0.1, 0.15) is 0 Å². The number of rotatable bonds is 2. The van der Waals surface area contributed by atoms with Crippen molar-refractivity contribution in [1.82, 2.24) is 19.8 Å². The molecule has 4 rings (SSSR count). The Morgan fingerprint density at radius 2 is 1.50 bits per heavy atom. The van der Waals surface area contributed by atoms with Crippen molar-refractivity contribution in [2.24, 2.45) is 0 Å². The maximum Gasteiger partial charge on any atom is 0.185 e. The van der Waals surface area contributed by atoms with E-state index < -0.39 is 0 Å². The average molecular weight is 307 g/mol. The first kappa shape index (κ1) is 13.0. The normalized spacial score (nSPS) is 11.0. The van der Waals surface area contributed by atoms with E-state index >= 15 is 0 Å². The molecule has 0 bridgehead atoms. The summed E-state index contributed by atoms with van der Waals surface area (Å²) in [5, 5.41) is 13.8. The Labute approximate surface area is 132 Å². The van der Waals surface area contributed by atoms with E-state index in [0.717, 1.165) is 28.3 Å². The van der Waals surface area contributed by atoms with Crippen molar-refractivity contribution in [2.45, 2.75) is 0 Å². The number of benzene rings is 2. The first-order chi connectivity index (χ1) is 10.8. The molecule has 0 atom stereocenters. The fourth-order valence-electron chi connectivity index (χ4n) is 2.33. The maximum absolute atomic E-state index is 5.94. The SMILES string of the molecule is Clc1ccc(-c2ccc3nnc(-c4ccccc4)n3n2)cc1. The molecule has 0 aliphatic carbocycles. The van der Waals surface area contributed by atoms with Gasteiger partial charge in [-0.3, -0.25) is 0 Å². The molecular formula is C17H11ClN4. The highest BCUT2D eigenvalue weighted by atomic mass is 35.5. The molecule has 2 heterocycles. The fraction of sp³-hybridized carbons (Fsp3) is 0. The molecule has 2 aromatic carbocycles. The van der Waals surface area contributed by atoms with Gasteiger partial charge >= 0.3 is 0 Å². The molecule has 4 nitrogen and oxygen atoms in total. The lowest BCUT2D eigenvalue weighted by molar-refractivity contribution is 0.942. The Kier molecular flexibility index (Phi) is 3.09. The van der Waals surface area contributed by atoms with E-state index in [0.29, 0.717) is 5.02 Å². The van der Waals surface area contributed by atoms with Crippen LogP contribution in [0.1, 0.15) is 0 Å². The van der Waals surface area contributed by atoms with Gasteiger partial charge in [0.2, 0.25) is 0 Å². The van der Waals surface area contributed by atoms with Crippen LogP contribution in [0.15, 0.2) is 66.7 Å². The van der Waals surface area contributed by atoms with Crippen LogP contribution in [0.2, 0.25) is 5.02 Å². The van der Waals surface area contributed by atoms with Crippen LogP contribution >= 0.6 is 11.6 Å². The van der Waals surface area contributed by atoms with Crippen LogP contribution in [0.25, 0.3) is 28.3 Å². The first-order valence-electron chi connectivity index (χ1n) is 6.85. The summed E-state index contributed by atoms with van der Waals surface area (Å²) in [5.74, 6) is 0.728. The first-order valence-corrected chi connectivity index (χ1v) is 7.23. The van der Waals surface area contributed by atoms with Crippen LogP contribution in [0.3, 0.4) is 0 Å². The van der Waals surface area contributed by atoms with E-state index in [1.807, 2.05) is 66.7 Å². The molecule has 4 aromatic rings. The maximum atomic E-state index is 5.94. The molecule has 2 aromatic heterocycles. The second-order valence-electron chi connectivity index (χ2n) is 4.89. The van der Waals surface area contributed by atoms with Crippen molar-refractivity contribution in [3.63, 3.8) is 0 Å². The lowest BCUT2D eigenvalue weighted by Crippen LogP contribution is -1.97. The number of fused-ring (bicyclic) bond motifs is 1. The van der Waals surface area contributed by atoms with Crippen molar-refractivity contribution in [1.29, 1.82) is 0 Å². The van der Waals surface area contributed by atoms with Gasteiger partial charge in [-0.15, -0.1) is 10.2 Å². The Bertz CT molecular complexity index is 930. The highest BCUT2D eigenvalue weighted by molar-refractivity contribution is 6.30. The summed E-state index contributed by atoms with van der Waals surface area (Å²) in [7, 11) is 0. The zero-order valence-corrected chi connectivity index (χ0v) is 12.3. The van der Waals surface area contributed by atoms with Crippen molar-refractivity contribution >= 4 is 17.2 Å². The zero-order valence-electron chi connectivity index (χ0n) is 11.5. The van der Waals surface area contributed by atoms with Gasteiger partial charge in [-0.25, -0.2) is 0 Å². The Morgan fingerprint density at radius 1 is 0.727 bits per heavy atom. The van der Waals surface area contributed by atoms with Gasteiger partial charge in [-0.1, -0.05) is 54.1 Å². The predicted molar refractivity (Wildman–Crippen MR) is 86.7 cm³/mol. The van der Waals surface area contributed by atoms with Gasteiger partial charge < -0.3 is 0 Å². The lowest BCUT2D eigenvalue weighted by Gasteiger charge is -2.03. The lowest BCUT2D eigenvalue weighted by atomic mass is 10.1. The summed E-state index contributed by atoms with van der Waals surface area (Å²) in [6.07, 6.45) is 0. The minimum Gasteiger partial charge on any atom is -0.192 e. The predicted octanol–water partition coefficient (Wildman–Crippen LogP) is 4.11. The minimum atomic E-state index is 0.708. The van der Waals surface area contributed by atoms with Gasteiger partial charge in [-0.2, -0.15) is 9.61 Å². The van der Waals surface area contributed by atoms with Gasteiger partial charge in [0.05, 0.1) is 5.69 Å². The van der Waals surface area contributed by atoms with Crippen LogP contribution in [-0.2, 0) is 0 Å². The summed E-state index contributed by atoms with van der Waals surface area (Å²) in [4.78, 5) is 0. The van der Waals surface area contributed by atoms with Gasteiger partial charge in [-0.05, 0) is 24.3 Å². The largest absolute Gasteiger partial charge is 0.192 e. The minimum absolute atomic E-state index is 0.708. The van der Waals surface area contributed by atoms with Crippen molar-refractivity contribution < 1.29 is 0 Å². The topological polar surface area (TPSA) is 43.1 Å². The van der Waals surface area contributed by atoms with E-state index in [1.165, 1.54) is 0 Å². The monoisotopic (exact) mass is 306 g/mol. The highest BCUT2D eigenvalue weighted by Crippen LogP contribution is 2.22. The molecular weight excluding hydrogens is 296 g/mol. The second-order valence-corrected chi connectivity index (χ2v) is 5.32. The summed E-state index contributed by atoms with van der Waals surface area (Å²) >= 11 is 5.94. The zero-order chi connectivity index (χ0) is 14.9. The van der Waals surface area contributed by atoms with E-state index in [1.54, 1.807) is 4.52 Å². The molecule has 0 spiro atoms. The summed E-state index contributed by atoms with van der Waals surface area (Å²) in [6, 6.07) is 21.4. The summed E-state index contributed by atoms with van der Waals surface area (Å²) < 4.78 is 1.76. The van der Waals surface area contributed by atoms with Crippen molar-refractivity contribution in [3.05, 3.63) is 71.8 Å². The molecule has 0 radical (unpaired) electrons. The number of aromatic nitrogens is 4. The van der Waals surface area contributed by atoms with E-state index in [9.17, 15) is 0 Å². The van der Waals surface area contributed by atoms with E-state index in [-0.39, 0.29) is 0 Å². The van der Waals surface area contributed by atoms with Crippen LogP contribution in [0, 0.1) is 0 Å². The molecule has 0 unspecified atom stereocenters. The third kappa shape index (κ3) is 2.23. The Balaban J connectivity index is 1.88. The van der Waals surface area contributed by atoms with Crippen LogP contribution < -0.4 is 0 Å². The smallest absolute Gasteiger partial charge is 0.185 e. The van der Waals surface area contributed by atoms with Gasteiger partial charge in [0.25, 0.3) is 0 Å². The molecule has 0 fully saturated rings. The molecule has 0 aliphatic rings. The van der Waals surface area contributed by atoms with E-state index in [4.69, 9.17) is 11.6 Å². The molecule has 0 aliphatic heterocycles. The third-order valence-corrected chi connectivity index (χ3v) is 3.69. The van der Waals surface area contributed by atoms with Crippen LogP contribution in [-0.4, -0.2) is 19.8 Å². The van der Waals surface area contributed by atoms with E-state index in [2.05, 4.69) is 15.3 Å². The third-order valence-electron chi connectivity index (χ3n) is 3.43. The summed E-state index contributed by atoms with van der Waals surface area (Å²) in [6.45, 7) is 0. The number of halogens is 1. The van der Waals surface area contributed by atoms with Crippen LogP contribution in [0.5, 0.6) is 0 Å². The molecule has 0 saturated carbocycles. The van der Waals surface area contributed by atoms with Crippen molar-refractivity contribution in [2.75, 3.05) is 0 Å². The second kappa shape index (κ2) is 5.24. The number of hydrogen-bond acceptors (Lipinski definition) is 3. The van der Waals surface area contributed by atoms with Gasteiger partial charge in [0.15, 0.2) is 11.5 Å². The Morgan fingerprint density at radius 3 is 2.27 bits per heavy atom. The number of nitrogens with zero attached hydrogens (tertiary/aromatic N) is 4. The average Bonchev–Trinajstić information content (AvgIpc) is 2.99. The van der Waals surface area contributed by atoms with Gasteiger partial charge in [0, 0.05) is 16.1 Å². The molecule has 0 N–H and O–H groups in total. The Hall–Kier alpha value is -2.72. The highest BCUT2D eigenvalue weighted by Gasteiger charge is 2.10. The fourth-order valence-corrected chi connectivity index (χ4v) is 2.46. The van der Waals surface area contributed by atoms with Crippen LogP contribution in [0.4, 0.5) is 0 Å².